The van der Waals surface area contributed by atoms with Crippen LogP contribution in [0.25, 0.3) is 0 Å². The van der Waals surface area contributed by atoms with Gasteiger partial charge < -0.3 is 14.2 Å². The third kappa shape index (κ3) is 5.62. The highest BCUT2D eigenvalue weighted by atomic mass is 16.6. The van der Waals surface area contributed by atoms with Crippen LogP contribution in [0.2, 0.25) is 0 Å². The van der Waals surface area contributed by atoms with Crippen LogP contribution in [-0.4, -0.2) is 38.4 Å². The number of nitrogens with zero attached hydrogens (tertiary/aromatic N) is 1. The van der Waals surface area contributed by atoms with Gasteiger partial charge in [-0.15, -0.1) is 0 Å². The number of ether oxygens (including phenoxy) is 3. The fraction of sp³-hybridized carbons (Fsp3) is 0.211. The van der Waals surface area contributed by atoms with Gasteiger partial charge in [0.25, 0.3) is 5.91 Å². The van der Waals surface area contributed by atoms with Gasteiger partial charge in [-0.25, -0.2) is 10.2 Å². The van der Waals surface area contributed by atoms with E-state index in [4.69, 9.17) is 14.2 Å². The first-order valence-electron chi connectivity index (χ1n) is 7.99. The molecule has 1 amide bonds. The Balaban J connectivity index is 2.01. The van der Waals surface area contributed by atoms with Gasteiger partial charge >= 0.3 is 5.97 Å². The molecule has 7 nitrogen and oxygen atoms in total. The third-order valence-corrected chi connectivity index (χ3v) is 3.25. The molecule has 26 heavy (non-hydrogen) atoms. The van der Waals surface area contributed by atoms with Crippen LogP contribution in [-0.2, 0) is 9.53 Å². The molecule has 2 aromatic carbocycles. The van der Waals surface area contributed by atoms with Crippen molar-refractivity contribution in [2.45, 2.75) is 6.92 Å². The number of rotatable bonds is 8. The lowest BCUT2D eigenvalue weighted by Crippen LogP contribution is -2.17. The summed E-state index contributed by atoms with van der Waals surface area (Å²) in [5.41, 5.74) is 3.62. The van der Waals surface area contributed by atoms with Gasteiger partial charge in [0.1, 0.15) is 0 Å². The first-order chi connectivity index (χ1) is 12.6. The first kappa shape index (κ1) is 19.0. The van der Waals surface area contributed by atoms with Crippen molar-refractivity contribution < 1.29 is 23.8 Å². The summed E-state index contributed by atoms with van der Waals surface area (Å²) in [6.07, 6.45) is 1.47. The Kier molecular flexibility index (Phi) is 7.17. The Labute approximate surface area is 151 Å². The van der Waals surface area contributed by atoms with Crippen LogP contribution < -0.4 is 14.9 Å². The number of hydrazone groups is 1. The lowest BCUT2D eigenvalue weighted by Gasteiger charge is -2.10. The molecule has 0 radical (unpaired) electrons. The van der Waals surface area contributed by atoms with Gasteiger partial charge in [-0.05, 0) is 42.8 Å². The number of hydrogen-bond donors (Lipinski definition) is 1. The van der Waals surface area contributed by atoms with Crippen molar-refractivity contribution in [2.75, 3.05) is 20.3 Å². The van der Waals surface area contributed by atoms with Crippen molar-refractivity contribution in [1.29, 1.82) is 0 Å². The molecule has 2 aromatic rings. The minimum Gasteiger partial charge on any atom is -0.493 e. The van der Waals surface area contributed by atoms with Gasteiger partial charge in [0, 0.05) is 5.56 Å². The molecule has 0 bridgehead atoms. The summed E-state index contributed by atoms with van der Waals surface area (Å²) >= 11 is 0. The molecule has 2 rings (SSSR count). The highest BCUT2D eigenvalue weighted by Crippen LogP contribution is 2.27. The van der Waals surface area contributed by atoms with E-state index >= 15 is 0 Å². The summed E-state index contributed by atoms with van der Waals surface area (Å²) in [6, 6.07) is 13.8. The lowest BCUT2D eigenvalue weighted by molar-refractivity contribution is -0.145. The second-order valence-electron chi connectivity index (χ2n) is 5.07. The molecule has 136 valence electrons. The third-order valence-electron chi connectivity index (χ3n) is 3.25. The molecular formula is C19H20N2O5. The summed E-state index contributed by atoms with van der Waals surface area (Å²) in [5, 5.41) is 3.93. The van der Waals surface area contributed by atoms with E-state index in [2.05, 4.69) is 10.5 Å². The van der Waals surface area contributed by atoms with E-state index in [-0.39, 0.29) is 19.1 Å². The van der Waals surface area contributed by atoms with E-state index in [1.807, 2.05) is 6.07 Å². The molecule has 0 aliphatic rings. The van der Waals surface area contributed by atoms with E-state index in [1.54, 1.807) is 49.4 Å². The monoisotopic (exact) mass is 356 g/mol. The predicted octanol–water partition coefficient (Wildman–Crippen LogP) is 2.40. The molecule has 0 aliphatic carbocycles. The average Bonchev–Trinajstić information content (AvgIpc) is 2.67. The zero-order valence-corrected chi connectivity index (χ0v) is 14.6. The van der Waals surface area contributed by atoms with Crippen LogP contribution in [0.1, 0.15) is 22.8 Å². The molecule has 0 aromatic heterocycles. The summed E-state index contributed by atoms with van der Waals surface area (Å²) in [7, 11) is 1.50. The number of nitrogens with one attached hydrogen (secondary N) is 1. The lowest BCUT2D eigenvalue weighted by atomic mass is 10.2. The largest absolute Gasteiger partial charge is 0.493 e. The number of carbonyl (C=O) groups is 2. The zero-order chi connectivity index (χ0) is 18.8. The fourth-order valence-electron chi connectivity index (χ4n) is 2.05. The van der Waals surface area contributed by atoms with Crippen LogP contribution in [0.4, 0.5) is 0 Å². The van der Waals surface area contributed by atoms with Gasteiger partial charge in [0.2, 0.25) is 0 Å². The average molecular weight is 356 g/mol. The van der Waals surface area contributed by atoms with Crippen LogP contribution >= 0.6 is 0 Å². The number of esters is 1. The topological polar surface area (TPSA) is 86.2 Å². The second kappa shape index (κ2) is 9.83. The van der Waals surface area contributed by atoms with Gasteiger partial charge in [-0.1, -0.05) is 18.2 Å². The molecule has 7 heteroatoms. The number of benzene rings is 2. The van der Waals surface area contributed by atoms with Gasteiger partial charge in [0.05, 0.1) is 19.9 Å². The Hall–Kier alpha value is -3.35. The van der Waals surface area contributed by atoms with Crippen molar-refractivity contribution in [3.05, 3.63) is 59.7 Å². The molecule has 0 unspecified atom stereocenters. The molecule has 0 heterocycles. The Morgan fingerprint density at radius 1 is 1.12 bits per heavy atom. The smallest absolute Gasteiger partial charge is 0.344 e. The molecular weight excluding hydrogens is 336 g/mol. The molecule has 0 saturated heterocycles. The van der Waals surface area contributed by atoms with Crippen LogP contribution in [0.15, 0.2) is 53.6 Å². The normalized spacial score (nSPS) is 10.4. The van der Waals surface area contributed by atoms with Gasteiger partial charge in [-0.2, -0.15) is 5.10 Å². The second-order valence-corrected chi connectivity index (χ2v) is 5.07. The molecule has 1 N–H and O–H groups in total. The van der Waals surface area contributed by atoms with Crippen molar-refractivity contribution in [2.24, 2.45) is 5.10 Å². The van der Waals surface area contributed by atoms with E-state index in [9.17, 15) is 9.59 Å². The first-order valence-corrected chi connectivity index (χ1v) is 7.99. The predicted molar refractivity (Wildman–Crippen MR) is 96.6 cm³/mol. The van der Waals surface area contributed by atoms with Crippen molar-refractivity contribution >= 4 is 18.1 Å². The van der Waals surface area contributed by atoms with Crippen LogP contribution in [0, 0.1) is 0 Å². The number of methoxy groups -OCH3 is 1. The van der Waals surface area contributed by atoms with Gasteiger partial charge in [0.15, 0.2) is 18.1 Å². The standard InChI is InChI=1S/C19H20N2O5/c1-3-25-18(22)13-26-17-11-14(9-10-16(17)24-2)12-20-21-19(23)15-7-5-4-6-8-15/h4-12H,3,13H2,1-2H3,(H,21,23)/b20-12+. The molecule has 0 fully saturated rings. The summed E-state index contributed by atoms with van der Waals surface area (Å²) < 4.78 is 15.5. The Morgan fingerprint density at radius 2 is 1.88 bits per heavy atom. The summed E-state index contributed by atoms with van der Waals surface area (Å²) in [4.78, 5) is 23.3. The van der Waals surface area contributed by atoms with Crippen LogP contribution in [0.5, 0.6) is 11.5 Å². The van der Waals surface area contributed by atoms with E-state index in [1.165, 1.54) is 13.3 Å². The number of hydrogen-bond acceptors (Lipinski definition) is 6. The van der Waals surface area contributed by atoms with Crippen molar-refractivity contribution in [1.82, 2.24) is 5.43 Å². The maximum Gasteiger partial charge on any atom is 0.344 e. The Morgan fingerprint density at radius 3 is 2.58 bits per heavy atom. The summed E-state index contributed by atoms with van der Waals surface area (Å²) in [5.74, 6) is 0.0663. The minimum absolute atomic E-state index is 0.227. The number of carbonyl (C=O) groups excluding carboxylic acids is 2. The molecule has 0 spiro atoms. The van der Waals surface area contributed by atoms with Gasteiger partial charge in [-0.3, -0.25) is 4.79 Å². The maximum absolute atomic E-state index is 11.9. The van der Waals surface area contributed by atoms with E-state index < -0.39 is 5.97 Å². The maximum atomic E-state index is 11.9. The van der Waals surface area contributed by atoms with Crippen molar-refractivity contribution in [3.8, 4) is 11.5 Å². The highest BCUT2D eigenvalue weighted by Gasteiger charge is 2.09. The van der Waals surface area contributed by atoms with Crippen molar-refractivity contribution in [3.63, 3.8) is 0 Å². The van der Waals surface area contributed by atoms with E-state index in [0.29, 0.717) is 22.6 Å². The fourth-order valence-corrected chi connectivity index (χ4v) is 2.05. The SMILES string of the molecule is CCOC(=O)COc1cc(/C=N/NC(=O)c2ccccc2)ccc1OC. The molecule has 0 saturated carbocycles. The van der Waals surface area contributed by atoms with Crippen LogP contribution in [0.3, 0.4) is 0 Å². The molecule has 0 aliphatic heterocycles. The molecule has 0 atom stereocenters. The van der Waals surface area contributed by atoms with E-state index in [0.717, 1.165) is 0 Å². The highest BCUT2D eigenvalue weighted by molar-refractivity contribution is 5.94. The quantitative estimate of drug-likeness (QED) is 0.446. The summed E-state index contributed by atoms with van der Waals surface area (Å²) in [6.45, 7) is 1.78. The minimum atomic E-state index is -0.469. The zero-order valence-electron chi connectivity index (χ0n) is 14.6. The Bertz CT molecular complexity index is 775. The number of amides is 1.